The van der Waals surface area contributed by atoms with Gasteiger partial charge in [-0.1, -0.05) is 66.7 Å². The van der Waals surface area contributed by atoms with E-state index in [9.17, 15) is 4.79 Å². The Hall–Kier alpha value is -3.67. The highest BCUT2D eigenvalue weighted by Crippen LogP contribution is 2.19. The summed E-state index contributed by atoms with van der Waals surface area (Å²) in [4.78, 5) is 12.8. The first kappa shape index (κ1) is 18.7. The molecule has 2 aromatic carbocycles. The third-order valence-corrected chi connectivity index (χ3v) is 4.86. The number of pyridine rings is 1. The molecule has 0 aliphatic heterocycles. The first-order chi connectivity index (χ1) is 14.2. The minimum atomic E-state index is -0.291. The number of fused-ring (bicyclic) bond motifs is 1. The molecule has 0 unspecified atom stereocenters. The highest BCUT2D eigenvalue weighted by atomic mass is 16.2. The zero-order valence-electron chi connectivity index (χ0n) is 16.2. The van der Waals surface area contributed by atoms with Crippen molar-refractivity contribution in [2.75, 3.05) is 0 Å². The third-order valence-electron chi connectivity index (χ3n) is 4.86. The van der Waals surface area contributed by atoms with E-state index in [1.165, 1.54) is 0 Å². The highest BCUT2D eigenvalue weighted by Gasteiger charge is 2.19. The number of hydrogen-bond donors (Lipinski definition) is 2. The molecule has 0 radical (unpaired) electrons. The number of rotatable bonds is 6. The van der Waals surface area contributed by atoms with E-state index in [4.69, 9.17) is 0 Å². The van der Waals surface area contributed by atoms with Crippen LogP contribution in [0.5, 0.6) is 0 Å². The minimum Gasteiger partial charge on any atom is -0.331 e. The standard InChI is InChI=1S/C23H23N5O/c1-17(22-27-26-21-14-8-9-15-28(21)22)24-23(29)25-20(19-12-6-3-7-13-19)16-18-10-4-2-5-11-18/h2-15,17,20H,16H2,1H3,(H2,24,25,29)/t17-,20-/m0/s1. The quantitative estimate of drug-likeness (QED) is 0.525. The molecule has 4 rings (SSSR count). The predicted octanol–water partition coefficient (Wildman–Crippen LogP) is 4.07. The molecule has 29 heavy (non-hydrogen) atoms. The number of nitrogens with zero attached hydrogens (tertiary/aromatic N) is 3. The lowest BCUT2D eigenvalue weighted by atomic mass is 9.99. The summed E-state index contributed by atoms with van der Waals surface area (Å²) in [5.74, 6) is 0.690. The molecular formula is C23H23N5O. The fourth-order valence-electron chi connectivity index (χ4n) is 3.40. The average molecular weight is 385 g/mol. The molecule has 146 valence electrons. The summed E-state index contributed by atoms with van der Waals surface area (Å²) < 4.78 is 1.88. The summed E-state index contributed by atoms with van der Waals surface area (Å²) in [6, 6.07) is 25.2. The van der Waals surface area contributed by atoms with Crippen LogP contribution in [-0.2, 0) is 6.42 Å². The Labute approximate surface area is 169 Å². The highest BCUT2D eigenvalue weighted by molar-refractivity contribution is 5.75. The van der Waals surface area contributed by atoms with E-state index in [1.807, 2.05) is 84.3 Å². The normalized spacial score (nSPS) is 13.0. The summed E-state index contributed by atoms with van der Waals surface area (Å²) in [6.07, 6.45) is 2.60. The molecule has 2 aromatic heterocycles. The number of carbonyl (C=O) groups excluding carboxylic acids is 1. The van der Waals surface area contributed by atoms with Gasteiger partial charge in [-0.25, -0.2) is 4.79 Å². The van der Waals surface area contributed by atoms with Gasteiger partial charge < -0.3 is 10.6 Å². The number of benzene rings is 2. The van der Waals surface area contributed by atoms with Crippen molar-refractivity contribution < 1.29 is 4.79 Å². The molecule has 0 fully saturated rings. The lowest BCUT2D eigenvalue weighted by molar-refractivity contribution is 0.233. The van der Waals surface area contributed by atoms with Crippen molar-refractivity contribution in [3.8, 4) is 0 Å². The van der Waals surface area contributed by atoms with Gasteiger partial charge in [-0.15, -0.1) is 10.2 Å². The van der Waals surface area contributed by atoms with E-state index in [0.717, 1.165) is 16.8 Å². The molecule has 0 saturated heterocycles. The Bertz CT molecular complexity index is 1080. The summed E-state index contributed by atoms with van der Waals surface area (Å²) in [5, 5.41) is 14.5. The molecule has 0 spiro atoms. The maximum absolute atomic E-state index is 12.8. The predicted molar refractivity (Wildman–Crippen MR) is 112 cm³/mol. The van der Waals surface area contributed by atoms with Gasteiger partial charge >= 0.3 is 6.03 Å². The van der Waals surface area contributed by atoms with Crippen molar-refractivity contribution in [2.45, 2.75) is 25.4 Å². The molecule has 2 N–H and O–H groups in total. The van der Waals surface area contributed by atoms with Crippen molar-refractivity contribution in [3.63, 3.8) is 0 Å². The number of nitrogens with one attached hydrogen (secondary N) is 2. The van der Waals surface area contributed by atoms with Crippen molar-refractivity contribution >= 4 is 11.7 Å². The summed E-state index contributed by atoms with van der Waals surface area (Å²) in [5.41, 5.74) is 2.98. The first-order valence-corrected chi connectivity index (χ1v) is 9.66. The van der Waals surface area contributed by atoms with E-state index < -0.39 is 0 Å². The van der Waals surface area contributed by atoms with Crippen LogP contribution in [0.2, 0.25) is 0 Å². The fraction of sp³-hybridized carbons (Fsp3) is 0.174. The molecule has 6 heteroatoms. The average Bonchev–Trinajstić information content (AvgIpc) is 3.19. The van der Waals surface area contributed by atoms with Gasteiger partial charge in [0, 0.05) is 6.20 Å². The van der Waals surface area contributed by atoms with Crippen LogP contribution in [0.4, 0.5) is 4.79 Å². The van der Waals surface area contributed by atoms with Gasteiger partial charge in [-0.2, -0.15) is 0 Å². The van der Waals surface area contributed by atoms with Crippen molar-refractivity contribution in [1.29, 1.82) is 0 Å². The maximum Gasteiger partial charge on any atom is 0.315 e. The summed E-state index contributed by atoms with van der Waals surface area (Å²) >= 11 is 0. The van der Waals surface area contributed by atoms with E-state index in [0.29, 0.717) is 12.2 Å². The fourth-order valence-corrected chi connectivity index (χ4v) is 3.40. The van der Waals surface area contributed by atoms with Gasteiger partial charge in [0.1, 0.15) is 0 Å². The summed E-state index contributed by atoms with van der Waals surface area (Å²) in [6.45, 7) is 1.90. The van der Waals surface area contributed by atoms with E-state index in [2.05, 4.69) is 33.0 Å². The third kappa shape index (κ3) is 4.43. The topological polar surface area (TPSA) is 71.3 Å². The second kappa shape index (κ2) is 8.56. The second-order valence-electron chi connectivity index (χ2n) is 6.98. The number of hydrogen-bond acceptors (Lipinski definition) is 3. The van der Waals surface area contributed by atoms with Crippen molar-refractivity contribution in [1.82, 2.24) is 25.2 Å². The Morgan fingerprint density at radius 3 is 2.34 bits per heavy atom. The lowest BCUT2D eigenvalue weighted by Gasteiger charge is -2.21. The lowest BCUT2D eigenvalue weighted by Crippen LogP contribution is -2.40. The Kier molecular flexibility index (Phi) is 5.52. The molecule has 0 aliphatic rings. The molecule has 6 nitrogen and oxygen atoms in total. The molecule has 0 aliphatic carbocycles. The molecule has 4 aromatic rings. The van der Waals surface area contributed by atoms with Crippen LogP contribution < -0.4 is 10.6 Å². The van der Waals surface area contributed by atoms with E-state index in [1.54, 1.807) is 0 Å². The van der Waals surface area contributed by atoms with Crippen LogP contribution in [0.3, 0.4) is 0 Å². The summed E-state index contributed by atoms with van der Waals surface area (Å²) in [7, 11) is 0. The van der Waals surface area contributed by atoms with E-state index in [-0.39, 0.29) is 18.1 Å². The van der Waals surface area contributed by atoms with Gasteiger partial charge in [-0.05, 0) is 36.6 Å². The smallest absolute Gasteiger partial charge is 0.315 e. The zero-order valence-corrected chi connectivity index (χ0v) is 16.2. The van der Waals surface area contributed by atoms with Gasteiger partial charge in [-0.3, -0.25) is 4.40 Å². The van der Waals surface area contributed by atoms with Crippen LogP contribution in [0.15, 0.2) is 85.1 Å². The molecule has 0 bridgehead atoms. The number of urea groups is 1. The molecular weight excluding hydrogens is 362 g/mol. The van der Waals surface area contributed by atoms with Crippen LogP contribution in [0.25, 0.3) is 5.65 Å². The van der Waals surface area contributed by atoms with Gasteiger partial charge in [0.2, 0.25) is 0 Å². The van der Waals surface area contributed by atoms with Crippen LogP contribution in [0, 0.1) is 0 Å². The number of amides is 2. The minimum absolute atomic E-state index is 0.138. The van der Waals surface area contributed by atoms with Crippen LogP contribution >= 0.6 is 0 Å². The molecule has 2 amide bonds. The first-order valence-electron chi connectivity index (χ1n) is 9.66. The monoisotopic (exact) mass is 385 g/mol. The van der Waals surface area contributed by atoms with Gasteiger partial charge in [0.15, 0.2) is 11.5 Å². The van der Waals surface area contributed by atoms with Crippen molar-refractivity contribution in [2.24, 2.45) is 0 Å². The van der Waals surface area contributed by atoms with E-state index >= 15 is 0 Å². The SMILES string of the molecule is C[C@H](NC(=O)N[C@@H](Cc1ccccc1)c1ccccc1)c1nnc2ccccn12. The van der Waals surface area contributed by atoms with Gasteiger partial charge in [0.05, 0.1) is 12.1 Å². The van der Waals surface area contributed by atoms with Crippen LogP contribution in [-0.4, -0.2) is 20.6 Å². The number of aromatic nitrogens is 3. The maximum atomic E-state index is 12.8. The van der Waals surface area contributed by atoms with Crippen molar-refractivity contribution in [3.05, 3.63) is 102 Å². The Morgan fingerprint density at radius 1 is 0.897 bits per heavy atom. The van der Waals surface area contributed by atoms with Crippen LogP contribution in [0.1, 0.15) is 36.0 Å². The number of carbonyl (C=O) groups is 1. The molecule has 0 saturated carbocycles. The Balaban J connectivity index is 1.49. The largest absolute Gasteiger partial charge is 0.331 e. The molecule has 2 atom stereocenters. The zero-order chi connectivity index (χ0) is 20.1. The van der Waals surface area contributed by atoms with Gasteiger partial charge in [0.25, 0.3) is 0 Å². The Morgan fingerprint density at radius 2 is 1.59 bits per heavy atom. The molecule has 2 heterocycles. The second-order valence-corrected chi connectivity index (χ2v) is 6.98.